The van der Waals surface area contributed by atoms with Crippen molar-refractivity contribution in [1.82, 2.24) is 15.5 Å². The number of benzene rings is 5. The van der Waals surface area contributed by atoms with Crippen LogP contribution in [0.15, 0.2) is 120 Å². The molecule has 0 aliphatic carbocycles. The predicted octanol–water partition coefficient (Wildman–Crippen LogP) is 9.28. The molecule has 4 N–H and O–H groups in total. The van der Waals surface area contributed by atoms with Gasteiger partial charge in [-0.3, -0.25) is 4.79 Å². The van der Waals surface area contributed by atoms with E-state index in [1.807, 2.05) is 61.5 Å². The minimum atomic E-state index is -1.29. The summed E-state index contributed by atoms with van der Waals surface area (Å²) in [7, 11) is 0. The first-order valence-electron chi connectivity index (χ1n) is 20.1. The number of nitrogens with zero attached hydrogens (tertiary/aromatic N) is 1. The van der Waals surface area contributed by atoms with Crippen molar-refractivity contribution in [2.45, 2.75) is 58.0 Å². The average Bonchev–Trinajstić information content (AvgIpc) is 3.26. The van der Waals surface area contributed by atoms with Crippen molar-refractivity contribution >= 4 is 52.4 Å². The number of ether oxygens (including phenoxy) is 3. The zero-order valence-corrected chi connectivity index (χ0v) is 35.4. The van der Waals surface area contributed by atoms with E-state index in [-0.39, 0.29) is 31.7 Å². The molecule has 0 saturated heterocycles. The standard InChI is InChI=1S/C48H43Cl2FN4O7/c1-27-28(2)52-17-16-38(27)31-9-6-29(7-10-31)19-41(47(57)58)54-46(56)42-20-33-21-43-44(22-34(33)24-55(42)48(59)53-36-5-3-4-35(51)23-36)62-45(26-61-43)32-11-13-37(14-12-32)60-25-30-8-15-39(49)40(50)18-30/h3-16,18,21-23,41-42,45,52H,17,19-20,24-26H2,1-2H3,(H,53,59)(H,54,56)(H,57,58)/t41-,42-,45+/m0/s1. The van der Waals surface area contributed by atoms with E-state index in [2.05, 4.69) is 29.0 Å². The normalized spacial score (nSPS) is 17.2. The summed E-state index contributed by atoms with van der Waals surface area (Å²) in [4.78, 5) is 42.0. The quantitative estimate of drug-likeness (QED) is 0.103. The van der Waals surface area contributed by atoms with Gasteiger partial charge in [-0.2, -0.15) is 0 Å². The number of aliphatic carboxylic acids is 1. The first kappa shape index (κ1) is 42.2. The van der Waals surface area contributed by atoms with Crippen molar-refractivity contribution in [3.05, 3.63) is 170 Å². The number of fused-ring (bicyclic) bond motifs is 2. The Morgan fingerprint density at radius 2 is 1.68 bits per heavy atom. The van der Waals surface area contributed by atoms with E-state index < -0.39 is 41.9 Å². The number of amides is 3. The lowest BCUT2D eigenvalue weighted by Crippen LogP contribution is -2.56. The van der Waals surface area contributed by atoms with Gasteiger partial charge >= 0.3 is 12.0 Å². The fraction of sp³-hybridized carbons (Fsp3) is 0.229. The van der Waals surface area contributed by atoms with Gasteiger partial charge in [0.05, 0.1) is 10.0 Å². The summed E-state index contributed by atoms with van der Waals surface area (Å²) in [5, 5.41) is 19.9. The van der Waals surface area contributed by atoms with Gasteiger partial charge in [0, 0.05) is 37.3 Å². The van der Waals surface area contributed by atoms with Crippen molar-refractivity contribution in [3.8, 4) is 17.2 Å². The van der Waals surface area contributed by atoms with Crippen molar-refractivity contribution in [1.29, 1.82) is 0 Å². The Kier molecular flexibility index (Phi) is 12.4. The Morgan fingerprint density at radius 1 is 0.919 bits per heavy atom. The second-order valence-electron chi connectivity index (χ2n) is 15.4. The van der Waals surface area contributed by atoms with E-state index in [1.165, 1.54) is 29.2 Å². The molecule has 0 saturated carbocycles. The number of urea groups is 1. The summed E-state index contributed by atoms with van der Waals surface area (Å²) >= 11 is 12.2. The number of carboxylic acids is 1. The number of carbonyl (C=O) groups excluding carboxylic acids is 2. The second-order valence-corrected chi connectivity index (χ2v) is 16.2. The van der Waals surface area contributed by atoms with Gasteiger partial charge < -0.3 is 40.2 Å². The molecule has 3 atom stereocenters. The molecular formula is C48H43Cl2FN4O7. The predicted molar refractivity (Wildman–Crippen MR) is 235 cm³/mol. The number of anilines is 1. The topological polar surface area (TPSA) is 138 Å². The SMILES string of the molecule is CC1=C(C)C(c2ccc(C[C@H](NC(=O)[C@@H]3Cc4cc5c(cc4CN3C(=O)Nc3cccc(F)c3)O[C@@H](c3ccc(OCc4ccc(Cl)c(Cl)c4)cc3)CO5)C(=O)O)cc2)=CCN1. The molecule has 0 fully saturated rings. The average molecular weight is 878 g/mol. The molecule has 0 bridgehead atoms. The van der Waals surface area contributed by atoms with Crippen molar-refractivity contribution in [3.63, 3.8) is 0 Å². The van der Waals surface area contributed by atoms with Crippen LogP contribution in [0.2, 0.25) is 10.0 Å². The third-order valence-corrected chi connectivity index (χ3v) is 12.0. The number of dihydropyridines is 1. The van der Waals surface area contributed by atoms with Crippen LogP contribution in [-0.4, -0.2) is 53.1 Å². The van der Waals surface area contributed by atoms with E-state index >= 15 is 0 Å². The fourth-order valence-electron chi connectivity index (χ4n) is 7.75. The Morgan fingerprint density at radius 3 is 2.42 bits per heavy atom. The highest BCUT2D eigenvalue weighted by Crippen LogP contribution is 2.41. The van der Waals surface area contributed by atoms with Gasteiger partial charge in [-0.15, -0.1) is 0 Å². The largest absolute Gasteiger partial charge is 0.489 e. The number of hydrogen-bond donors (Lipinski definition) is 4. The van der Waals surface area contributed by atoms with Crippen LogP contribution in [0.5, 0.6) is 17.2 Å². The monoisotopic (exact) mass is 876 g/mol. The number of halogens is 3. The first-order chi connectivity index (χ1) is 29.9. The van der Waals surface area contributed by atoms with Gasteiger partial charge in [0.15, 0.2) is 17.6 Å². The van der Waals surface area contributed by atoms with Crippen LogP contribution in [0.4, 0.5) is 14.9 Å². The van der Waals surface area contributed by atoms with Crippen molar-refractivity contribution < 1.29 is 38.1 Å². The minimum absolute atomic E-state index is 0.0168. The van der Waals surface area contributed by atoms with E-state index in [9.17, 15) is 23.9 Å². The van der Waals surface area contributed by atoms with Crippen molar-refractivity contribution in [2.24, 2.45) is 0 Å². The van der Waals surface area contributed by atoms with Crippen LogP contribution in [-0.2, 0) is 35.6 Å². The summed E-state index contributed by atoms with van der Waals surface area (Å²) in [6.07, 6.45) is 1.73. The number of carbonyl (C=O) groups is 3. The van der Waals surface area contributed by atoms with E-state index in [4.69, 9.17) is 37.4 Å². The molecule has 3 heterocycles. The van der Waals surface area contributed by atoms with E-state index in [0.717, 1.165) is 51.2 Å². The van der Waals surface area contributed by atoms with Gasteiger partial charge in [0.25, 0.3) is 0 Å². The third kappa shape index (κ3) is 9.51. The zero-order chi connectivity index (χ0) is 43.5. The molecule has 0 spiro atoms. The first-order valence-corrected chi connectivity index (χ1v) is 20.8. The number of nitrogens with one attached hydrogen (secondary N) is 3. The molecule has 3 aliphatic rings. The summed E-state index contributed by atoms with van der Waals surface area (Å²) in [6.45, 7) is 5.29. The van der Waals surface area contributed by atoms with Gasteiger partial charge in [0.1, 0.15) is 36.9 Å². The number of hydrogen-bond acceptors (Lipinski definition) is 7. The second kappa shape index (κ2) is 18.2. The summed E-state index contributed by atoms with van der Waals surface area (Å²) < 4.78 is 32.7. The maximum absolute atomic E-state index is 14.2. The highest BCUT2D eigenvalue weighted by molar-refractivity contribution is 6.42. The molecule has 0 aromatic heterocycles. The van der Waals surface area contributed by atoms with E-state index in [0.29, 0.717) is 39.5 Å². The molecule has 62 heavy (non-hydrogen) atoms. The van der Waals surface area contributed by atoms with Crippen LogP contribution >= 0.6 is 23.2 Å². The maximum atomic E-state index is 14.2. The van der Waals surface area contributed by atoms with Crippen LogP contribution < -0.4 is 30.2 Å². The summed E-state index contributed by atoms with van der Waals surface area (Å²) in [5.41, 5.74) is 8.44. The molecule has 5 aromatic carbocycles. The maximum Gasteiger partial charge on any atom is 0.326 e. The van der Waals surface area contributed by atoms with Crippen LogP contribution in [0.25, 0.3) is 5.57 Å². The Labute approximate surface area is 368 Å². The lowest BCUT2D eigenvalue weighted by Gasteiger charge is -2.37. The zero-order valence-electron chi connectivity index (χ0n) is 33.8. The highest BCUT2D eigenvalue weighted by Gasteiger charge is 2.38. The molecule has 14 heteroatoms. The Bertz CT molecular complexity index is 2600. The van der Waals surface area contributed by atoms with Crippen LogP contribution in [0, 0.1) is 5.82 Å². The van der Waals surface area contributed by atoms with Crippen LogP contribution in [0.1, 0.15) is 53.3 Å². The third-order valence-electron chi connectivity index (χ3n) is 11.3. The smallest absolute Gasteiger partial charge is 0.326 e. The molecule has 3 aliphatic heterocycles. The summed E-state index contributed by atoms with van der Waals surface area (Å²) in [5.74, 6) is -0.821. The number of rotatable bonds is 11. The van der Waals surface area contributed by atoms with Gasteiger partial charge in [-0.1, -0.05) is 77.8 Å². The molecule has 318 valence electrons. The fourth-order valence-corrected chi connectivity index (χ4v) is 8.07. The van der Waals surface area contributed by atoms with Gasteiger partial charge in [0.2, 0.25) is 5.91 Å². The lowest BCUT2D eigenvalue weighted by atomic mass is 9.92. The minimum Gasteiger partial charge on any atom is -0.489 e. The molecule has 8 rings (SSSR count). The van der Waals surface area contributed by atoms with E-state index in [1.54, 1.807) is 24.3 Å². The molecule has 3 amide bonds. The molecule has 5 aromatic rings. The van der Waals surface area contributed by atoms with Crippen molar-refractivity contribution in [2.75, 3.05) is 18.5 Å². The Hall–Kier alpha value is -6.50. The molecule has 0 unspecified atom stereocenters. The molecular weight excluding hydrogens is 834 g/mol. The Balaban J connectivity index is 0.982. The number of allylic oxidation sites excluding steroid dienone is 3. The van der Waals surface area contributed by atoms with Crippen LogP contribution in [0.3, 0.4) is 0 Å². The molecule has 0 radical (unpaired) electrons. The summed E-state index contributed by atoms with van der Waals surface area (Å²) in [6, 6.07) is 26.4. The van der Waals surface area contributed by atoms with Gasteiger partial charge in [-0.25, -0.2) is 14.0 Å². The lowest BCUT2D eigenvalue weighted by molar-refractivity contribution is -0.142. The molecule has 11 nitrogen and oxygen atoms in total. The van der Waals surface area contributed by atoms with Gasteiger partial charge in [-0.05, 0) is 113 Å². The number of carboxylic acid groups (broad SMARTS) is 1. The highest BCUT2D eigenvalue weighted by atomic mass is 35.5.